The molecule has 132 valence electrons. The highest BCUT2D eigenvalue weighted by Crippen LogP contribution is 2.38. The number of rotatable bonds is 5. The number of imide groups is 1. The molecule has 0 spiro atoms. The fraction of sp³-hybridized carbons (Fsp3) is 0.579. The standard InChI is InChI=1S/C19H29NO3Si/c1-18(2,3)24(6,7)23-13-19(4,5)12-20-16(21)14-10-8-9-11-15(14)17(20)22/h8-11H,12-13H2,1-7H3. The summed E-state index contributed by atoms with van der Waals surface area (Å²) in [7, 11) is -1.86. The Balaban J connectivity index is 2.08. The van der Waals surface area contributed by atoms with Gasteiger partial charge in [-0.25, -0.2) is 0 Å². The highest BCUT2D eigenvalue weighted by atomic mass is 28.4. The summed E-state index contributed by atoms with van der Waals surface area (Å²) in [4.78, 5) is 26.4. The molecule has 1 aromatic carbocycles. The van der Waals surface area contributed by atoms with Gasteiger partial charge in [-0.15, -0.1) is 0 Å². The van der Waals surface area contributed by atoms with Crippen LogP contribution in [0.4, 0.5) is 0 Å². The quantitative estimate of drug-likeness (QED) is 0.588. The first kappa shape index (κ1) is 18.9. The zero-order valence-electron chi connectivity index (χ0n) is 15.9. The lowest BCUT2D eigenvalue weighted by molar-refractivity contribution is 0.0537. The summed E-state index contributed by atoms with van der Waals surface area (Å²) in [5.74, 6) is -0.396. The van der Waals surface area contributed by atoms with Crippen LogP contribution in [0.3, 0.4) is 0 Å². The van der Waals surface area contributed by atoms with Crippen molar-refractivity contribution in [3.05, 3.63) is 35.4 Å². The molecule has 24 heavy (non-hydrogen) atoms. The molecule has 0 saturated heterocycles. The summed E-state index contributed by atoms with van der Waals surface area (Å²) in [5.41, 5.74) is 0.718. The summed E-state index contributed by atoms with van der Waals surface area (Å²) < 4.78 is 6.31. The Kier molecular flexibility index (Phi) is 4.81. The van der Waals surface area contributed by atoms with Gasteiger partial charge in [0.25, 0.3) is 11.8 Å². The third-order valence-electron chi connectivity index (χ3n) is 5.09. The van der Waals surface area contributed by atoms with Gasteiger partial charge in [-0.05, 0) is 30.3 Å². The molecule has 0 saturated carbocycles. The molecule has 1 aromatic rings. The molecule has 0 aromatic heterocycles. The molecular formula is C19H29NO3Si. The van der Waals surface area contributed by atoms with Crippen molar-refractivity contribution in [3.8, 4) is 0 Å². The number of carbonyl (C=O) groups is 2. The Labute approximate surface area is 146 Å². The van der Waals surface area contributed by atoms with Crippen LogP contribution in [0.5, 0.6) is 0 Å². The zero-order chi connectivity index (χ0) is 18.3. The van der Waals surface area contributed by atoms with Crippen molar-refractivity contribution >= 4 is 20.1 Å². The SMILES string of the molecule is CC(C)(CO[Si](C)(C)C(C)(C)C)CN1C(=O)c2ccccc2C1=O. The van der Waals surface area contributed by atoms with Gasteiger partial charge in [-0.3, -0.25) is 14.5 Å². The predicted molar refractivity (Wildman–Crippen MR) is 98.7 cm³/mol. The van der Waals surface area contributed by atoms with Crippen molar-refractivity contribution in [2.24, 2.45) is 5.41 Å². The largest absolute Gasteiger partial charge is 0.416 e. The molecule has 2 amide bonds. The molecule has 4 nitrogen and oxygen atoms in total. The van der Waals surface area contributed by atoms with Gasteiger partial charge < -0.3 is 4.43 Å². The number of fused-ring (bicyclic) bond motifs is 1. The number of carbonyl (C=O) groups excluding carboxylic acids is 2. The second-order valence-corrected chi connectivity index (χ2v) is 13.8. The molecule has 2 rings (SSSR count). The van der Waals surface area contributed by atoms with E-state index >= 15 is 0 Å². The molecular weight excluding hydrogens is 318 g/mol. The molecule has 1 heterocycles. The minimum absolute atomic E-state index is 0.137. The Morgan fingerprint density at radius 1 is 0.958 bits per heavy atom. The van der Waals surface area contributed by atoms with Gasteiger partial charge in [0.05, 0.1) is 11.1 Å². The van der Waals surface area contributed by atoms with Crippen molar-refractivity contribution < 1.29 is 14.0 Å². The minimum atomic E-state index is -1.86. The molecule has 1 aliphatic rings. The summed E-state index contributed by atoms with van der Waals surface area (Å²) in [6.45, 7) is 16.0. The van der Waals surface area contributed by atoms with Crippen LogP contribution in [0.25, 0.3) is 0 Å². The minimum Gasteiger partial charge on any atom is -0.416 e. The molecule has 0 atom stereocenters. The van der Waals surface area contributed by atoms with Crippen molar-refractivity contribution in [1.29, 1.82) is 0 Å². The van der Waals surface area contributed by atoms with E-state index in [0.29, 0.717) is 24.3 Å². The molecule has 0 fully saturated rings. The molecule has 1 aliphatic heterocycles. The molecule has 0 radical (unpaired) electrons. The van der Waals surface area contributed by atoms with Crippen LogP contribution in [0, 0.1) is 5.41 Å². The lowest BCUT2D eigenvalue weighted by atomic mass is 9.94. The predicted octanol–water partition coefficient (Wildman–Crippen LogP) is 4.33. The summed E-state index contributed by atoms with van der Waals surface area (Å²) in [6, 6.07) is 7.02. The average Bonchev–Trinajstić information content (AvgIpc) is 2.70. The number of hydrogen-bond acceptors (Lipinski definition) is 3. The molecule has 0 unspecified atom stereocenters. The Bertz CT molecular complexity index is 624. The average molecular weight is 348 g/mol. The van der Waals surface area contributed by atoms with E-state index in [9.17, 15) is 9.59 Å². The second-order valence-electron chi connectivity index (χ2n) is 8.96. The normalized spacial score (nSPS) is 15.9. The molecule has 0 bridgehead atoms. The van der Waals surface area contributed by atoms with E-state index < -0.39 is 8.32 Å². The Morgan fingerprint density at radius 3 is 1.83 bits per heavy atom. The van der Waals surface area contributed by atoms with Gasteiger partial charge in [0, 0.05) is 18.6 Å². The van der Waals surface area contributed by atoms with Gasteiger partial charge in [-0.2, -0.15) is 0 Å². The smallest absolute Gasteiger partial charge is 0.261 e. The zero-order valence-corrected chi connectivity index (χ0v) is 16.9. The Hall–Kier alpha value is -1.46. The Morgan fingerprint density at radius 2 is 1.42 bits per heavy atom. The molecule has 5 heteroatoms. The van der Waals surface area contributed by atoms with Gasteiger partial charge in [0.15, 0.2) is 8.32 Å². The van der Waals surface area contributed by atoms with Crippen molar-refractivity contribution in [2.75, 3.05) is 13.2 Å². The summed E-state index contributed by atoms with van der Waals surface area (Å²) >= 11 is 0. The van der Waals surface area contributed by atoms with E-state index in [4.69, 9.17) is 4.43 Å². The van der Waals surface area contributed by atoms with Gasteiger partial charge in [0.1, 0.15) is 0 Å². The third-order valence-corrected chi connectivity index (χ3v) is 9.57. The first-order valence-corrected chi connectivity index (χ1v) is 11.4. The van der Waals surface area contributed by atoms with Gasteiger partial charge >= 0.3 is 0 Å². The summed E-state index contributed by atoms with van der Waals surface area (Å²) in [5, 5.41) is 0.137. The van der Waals surface area contributed by atoms with Crippen LogP contribution in [-0.4, -0.2) is 38.2 Å². The maximum atomic E-state index is 12.5. The fourth-order valence-electron chi connectivity index (χ4n) is 2.45. The van der Waals surface area contributed by atoms with Crippen LogP contribution >= 0.6 is 0 Å². The molecule has 0 N–H and O–H groups in total. The van der Waals surface area contributed by atoms with Gasteiger partial charge in [0.2, 0.25) is 0 Å². The second kappa shape index (κ2) is 6.12. The lowest BCUT2D eigenvalue weighted by Gasteiger charge is -2.39. The maximum Gasteiger partial charge on any atom is 0.261 e. The van der Waals surface area contributed by atoms with Crippen LogP contribution in [0.15, 0.2) is 24.3 Å². The number of hydrogen-bond donors (Lipinski definition) is 0. The van der Waals surface area contributed by atoms with Gasteiger partial charge in [-0.1, -0.05) is 46.8 Å². The van der Waals surface area contributed by atoms with E-state index in [1.54, 1.807) is 24.3 Å². The van der Waals surface area contributed by atoms with Crippen molar-refractivity contribution in [1.82, 2.24) is 4.90 Å². The number of amides is 2. The number of nitrogens with zero attached hydrogens (tertiary/aromatic N) is 1. The monoisotopic (exact) mass is 347 g/mol. The summed E-state index contributed by atoms with van der Waals surface area (Å²) in [6.07, 6.45) is 0. The van der Waals surface area contributed by atoms with Crippen LogP contribution in [0.1, 0.15) is 55.3 Å². The van der Waals surface area contributed by atoms with Crippen LogP contribution in [-0.2, 0) is 4.43 Å². The first-order chi connectivity index (χ1) is 10.9. The highest BCUT2D eigenvalue weighted by Gasteiger charge is 2.41. The highest BCUT2D eigenvalue weighted by molar-refractivity contribution is 6.74. The van der Waals surface area contributed by atoms with E-state index in [1.165, 1.54) is 4.90 Å². The van der Waals surface area contributed by atoms with E-state index in [0.717, 1.165) is 0 Å². The van der Waals surface area contributed by atoms with Crippen molar-refractivity contribution in [3.63, 3.8) is 0 Å². The van der Waals surface area contributed by atoms with Crippen LogP contribution < -0.4 is 0 Å². The van der Waals surface area contributed by atoms with E-state index in [2.05, 4.69) is 33.9 Å². The third kappa shape index (κ3) is 3.62. The lowest BCUT2D eigenvalue weighted by Crippen LogP contribution is -2.46. The van der Waals surface area contributed by atoms with Crippen molar-refractivity contribution in [2.45, 2.75) is 52.8 Å². The van der Waals surface area contributed by atoms with E-state index in [1.807, 2.05) is 13.8 Å². The topological polar surface area (TPSA) is 46.6 Å². The fourth-order valence-corrected chi connectivity index (χ4v) is 3.63. The molecule has 0 aliphatic carbocycles. The first-order valence-electron chi connectivity index (χ1n) is 8.45. The van der Waals surface area contributed by atoms with Crippen LogP contribution in [0.2, 0.25) is 18.1 Å². The van der Waals surface area contributed by atoms with E-state index in [-0.39, 0.29) is 22.3 Å². The maximum absolute atomic E-state index is 12.5. The number of benzene rings is 1.